The minimum atomic E-state index is -1.55. The van der Waals surface area contributed by atoms with Gasteiger partial charge in [-0.05, 0) is 13.0 Å². The molecule has 100 valence electrons. The maximum Gasteiger partial charge on any atom is 0.167 e. The predicted molar refractivity (Wildman–Crippen MR) is 64.1 cm³/mol. The minimum Gasteiger partial charge on any atom is -0.394 e. The molecule has 2 aliphatic heterocycles. The summed E-state index contributed by atoms with van der Waals surface area (Å²) < 4.78 is 5.44. The molecular formula is C11H17N3O4. The van der Waals surface area contributed by atoms with Gasteiger partial charge in [0.15, 0.2) is 6.23 Å². The number of aliphatic hydroxyl groups is 3. The van der Waals surface area contributed by atoms with Crippen molar-refractivity contribution >= 4 is 5.84 Å². The molecule has 5 N–H and O–H groups in total. The average molecular weight is 255 g/mol. The summed E-state index contributed by atoms with van der Waals surface area (Å²) in [6, 6.07) is 0. The average Bonchev–Trinajstić information content (AvgIpc) is 2.52. The van der Waals surface area contributed by atoms with Crippen molar-refractivity contribution in [2.45, 2.75) is 31.0 Å². The van der Waals surface area contributed by atoms with Crippen LogP contribution in [-0.2, 0) is 4.74 Å². The van der Waals surface area contributed by atoms with E-state index < -0.39 is 24.0 Å². The summed E-state index contributed by atoms with van der Waals surface area (Å²) in [5, 5.41) is 29.2. The molecule has 0 amide bonds. The fraction of sp³-hybridized carbons (Fsp3) is 0.545. The topological polar surface area (TPSA) is 112 Å². The lowest BCUT2D eigenvalue weighted by atomic mass is 9.96. The number of rotatable bonds is 2. The Hall–Kier alpha value is -1.41. The molecule has 0 aromatic rings. The lowest BCUT2D eigenvalue weighted by molar-refractivity contribution is -0.110. The molecule has 0 aliphatic carbocycles. The van der Waals surface area contributed by atoms with Crippen LogP contribution in [0.1, 0.15) is 6.92 Å². The molecule has 2 rings (SSSR count). The molecular weight excluding hydrogens is 238 g/mol. The van der Waals surface area contributed by atoms with Gasteiger partial charge in [-0.15, -0.1) is 0 Å². The van der Waals surface area contributed by atoms with Crippen LogP contribution in [0.4, 0.5) is 0 Å². The highest BCUT2D eigenvalue weighted by Crippen LogP contribution is 2.35. The van der Waals surface area contributed by atoms with Gasteiger partial charge in [-0.25, -0.2) is 4.99 Å². The Morgan fingerprint density at radius 3 is 2.83 bits per heavy atom. The highest BCUT2D eigenvalue weighted by molar-refractivity contribution is 5.92. The Labute approximate surface area is 104 Å². The lowest BCUT2D eigenvalue weighted by Gasteiger charge is -2.35. The fourth-order valence-electron chi connectivity index (χ4n) is 2.09. The largest absolute Gasteiger partial charge is 0.394 e. The second kappa shape index (κ2) is 4.36. The van der Waals surface area contributed by atoms with Crippen LogP contribution >= 0.6 is 0 Å². The van der Waals surface area contributed by atoms with Gasteiger partial charge in [0.1, 0.15) is 29.5 Å². The third-order valence-electron chi connectivity index (χ3n) is 3.15. The number of aliphatic imine (C=N–C) groups is 1. The molecule has 18 heavy (non-hydrogen) atoms. The summed E-state index contributed by atoms with van der Waals surface area (Å²) in [4.78, 5) is 5.42. The SMILES string of the molecule is C=C1N=C(N)C=CN1[C@@H]1O[C@H](CO)[C@H](O)C1(C)O. The Kier molecular flexibility index (Phi) is 3.16. The molecule has 0 saturated carbocycles. The number of hydrogen-bond acceptors (Lipinski definition) is 7. The molecule has 7 heteroatoms. The lowest BCUT2D eigenvalue weighted by Crippen LogP contribution is -2.51. The van der Waals surface area contributed by atoms with E-state index in [1.807, 2.05) is 0 Å². The Morgan fingerprint density at radius 2 is 2.33 bits per heavy atom. The highest BCUT2D eigenvalue weighted by atomic mass is 16.6. The minimum absolute atomic E-state index is 0.297. The quantitative estimate of drug-likeness (QED) is 0.476. The molecule has 0 aromatic carbocycles. The molecule has 0 aromatic heterocycles. The molecule has 2 aliphatic rings. The normalized spacial score (nSPS) is 40.2. The number of nitrogens with zero attached hydrogens (tertiary/aromatic N) is 2. The number of hydrogen-bond donors (Lipinski definition) is 4. The highest BCUT2D eigenvalue weighted by Gasteiger charge is 2.54. The van der Waals surface area contributed by atoms with Crippen LogP contribution in [0.15, 0.2) is 29.7 Å². The summed E-state index contributed by atoms with van der Waals surface area (Å²) in [5.41, 5.74) is 3.96. The zero-order valence-electron chi connectivity index (χ0n) is 10.0. The van der Waals surface area contributed by atoms with Gasteiger partial charge in [0.05, 0.1) is 6.61 Å². The van der Waals surface area contributed by atoms with Gasteiger partial charge in [0.2, 0.25) is 0 Å². The van der Waals surface area contributed by atoms with Crippen molar-refractivity contribution in [3.05, 3.63) is 24.7 Å². The second-order valence-corrected chi connectivity index (χ2v) is 4.56. The maximum atomic E-state index is 10.3. The molecule has 0 bridgehead atoms. The molecule has 0 radical (unpaired) electrons. The van der Waals surface area contributed by atoms with Gasteiger partial charge in [-0.3, -0.25) is 0 Å². The van der Waals surface area contributed by atoms with E-state index >= 15 is 0 Å². The van der Waals surface area contributed by atoms with Gasteiger partial charge in [-0.2, -0.15) is 0 Å². The standard InChI is InChI=1S/C11H17N3O4/c1-6-13-8(12)3-4-14(6)10-11(2,17)9(16)7(5-15)18-10/h3-4,7,9-10,15-17H,1,5H2,2H3,(H2,12,13)/t7-,9+,10-,11?/m1/s1. The van der Waals surface area contributed by atoms with E-state index in [1.54, 1.807) is 6.20 Å². The van der Waals surface area contributed by atoms with Gasteiger partial charge in [-0.1, -0.05) is 6.58 Å². The van der Waals surface area contributed by atoms with Crippen molar-refractivity contribution in [1.82, 2.24) is 4.90 Å². The monoisotopic (exact) mass is 255 g/mol. The molecule has 7 nitrogen and oxygen atoms in total. The predicted octanol–water partition coefficient (Wildman–Crippen LogP) is -1.53. The molecule has 4 atom stereocenters. The van der Waals surface area contributed by atoms with E-state index in [9.17, 15) is 10.2 Å². The van der Waals surface area contributed by atoms with E-state index in [2.05, 4.69) is 11.6 Å². The van der Waals surface area contributed by atoms with Gasteiger partial charge in [0.25, 0.3) is 0 Å². The summed E-state index contributed by atoms with van der Waals surface area (Å²) in [7, 11) is 0. The first-order valence-electron chi connectivity index (χ1n) is 5.54. The zero-order valence-corrected chi connectivity index (χ0v) is 10.0. The first kappa shape index (κ1) is 13.0. The van der Waals surface area contributed by atoms with Gasteiger partial charge < -0.3 is 30.7 Å². The van der Waals surface area contributed by atoms with Gasteiger partial charge in [0, 0.05) is 6.20 Å². The van der Waals surface area contributed by atoms with E-state index in [1.165, 1.54) is 17.9 Å². The molecule has 1 saturated heterocycles. The van der Waals surface area contributed by atoms with Crippen LogP contribution in [0.3, 0.4) is 0 Å². The molecule has 0 spiro atoms. The van der Waals surface area contributed by atoms with Crippen molar-refractivity contribution < 1.29 is 20.1 Å². The Bertz CT molecular complexity index is 419. The third-order valence-corrected chi connectivity index (χ3v) is 3.15. The van der Waals surface area contributed by atoms with Gasteiger partial charge >= 0.3 is 0 Å². The zero-order chi connectivity index (χ0) is 13.5. The van der Waals surface area contributed by atoms with Crippen molar-refractivity contribution in [3.8, 4) is 0 Å². The van der Waals surface area contributed by atoms with Crippen molar-refractivity contribution in [1.29, 1.82) is 0 Å². The smallest absolute Gasteiger partial charge is 0.167 e. The summed E-state index contributed by atoms with van der Waals surface area (Å²) in [6.45, 7) is 4.75. The molecule has 1 fully saturated rings. The number of aliphatic hydroxyl groups excluding tert-OH is 2. The first-order chi connectivity index (χ1) is 8.37. The van der Waals surface area contributed by atoms with Crippen LogP contribution < -0.4 is 5.73 Å². The maximum absolute atomic E-state index is 10.3. The van der Waals surface area contributed by atoms with Crippen molar-refractivity contribution in [2.75, 3.05) is 6.61 Å². The van der Waals surface area contributed by atoms with E-state index in [0.717, 1.165) is 0 Å². The third kappa shape index (κ3) is 1.91. The van der Waals surface area contributed by atoms with Crippen LogP contribution in [0.5, 0.6) is 0 Å². The number of nitrogens with two attached hydrogens (primary N) is 1. The summed E-state index contributed by atoms with van der Waals surface area (Å²) in [5.74, 6) is 0.596. The van der Waals surface area contributed by atoms with Crippen LogP contribution in [0.2, 0.25) is 0 Å². The van der Waals surface area contributed by atoms with E-state index in [-0.39, 0.29) is 6.61 Å². The van der Waals surface area contributed by atoms with Crippen molar-refractivity contribution in [3.63, 3.8) is 0 Å². The molecule has 2 heterocycles. The summed E-state index contributed by atoms with van der Waals surface area (Å²) >= 11 is 0. The van der Waals surface area contributed by atoms with Crippen LogP contribution in [-0.4, -0.2) is 56.7 Å². The Morgan fingerprint density at radius 1 is 1.67 bits per heavy atom. The van der Waals surface area contributed by atoms with Crippen molar-refractivity contribution in [2.24, 2.45) is 10.7 Å². The van der Waals surface area contributed by atoms with E-state index in [4.69, 9.17) is 15.6 Å². The first-order valence-corrected chi connectivity index (χ1v) is 5.54. The number of ether oxygens (including phenoxy) is 1. The molecule has 1 unspecified atom stereocenters. The second-order valence-electron chi connectivity index (χ2n) is 4.56. The van der Waals surface area contributed by atoms with Crippen LogP contribution in [0, 0.1) is 0 Å². The number of amidine groups is 1. The van der Waals surface area contributed by atoms with Crippen LogP contribution in [0.25, 0.3) is 0 Å². The van der Waals surface area contributed by atoms with E-state index in [0.29, 0.717) is 11.7 Å². The summed E-state index contributed by atoms with van der Waals surface area (Å²) in [6.07, 6.45) is 0.167. The Balaban J connectivity index is 2.25. The fourth-order valence-corrected chi connectivity index (χ4v) is 2.09.